The van der Waals surface area contributed by atoms with E-state index in [1.54, 1.807) is 6.07 Å². The van der Waals surface area contributed by atoms with Crippen molar-refractivity contribution in [1.29, 1.82) is 0 Å². The zero-order chi connectivity index (χ0) is 15.5. The Morgan fingerprint density at radius 3 is 2.29 bits per heavy atom. The van der Waals surface area contributed by atoms with Crippen molar-refractivity contribution in [2.45, 2.75) is 4.90 Å². The number of hydrogen-bond acceptors (Lipinski definition) is 4. The Hall–Kier alpha value is -1.66. The van der Waals surface area contributed by atoms with Gasteiger partial charge in [0.25, 0.3) is 0 Å². The number of sulfone groups is 1. The average molecular weight is 369 g/mol. The van der Waals surface area contributed by atoms with Gasteiger partial charge in [-0.25, -0.2) is 8.42 Å². The van der Waals surface area contributed by atoms with Gasteiger partial charge < -0.3 is 4.74 Å². The van der Waals surface area contributed by atoms with Crippen LogP contribution in [0.15, 0.2) is 57.9 Å². The molecule has 0 spiro atoms. The van der Waals surface area contributed by atoms with Crippen molar-refractivity contribution < 1.29 is 17.9 Å². The lowest BCUT2D eigenvalue weighted by Gasteiger charge is -2.07. The van der Waals surface area contributed by atoms with Crippen molar-refractivity contribution in [3.8, 4) is 5.75 Å². The number of hydrogen-bond donors (Lipinski definition) is 0. The van der Waals surface area contributed by atoms with Gasteiger partial charge in [0, 0.05) is 11.8 Å². The summed E-state index contributed by atoms with van der Waals surface area (Å²) in [6, 6.07) is 13.0. The van der Waals surface area contributed by atoms with Gasteiger partial charge in [-0.1, -0.05) is 12.1 Å². The fraction of sp³-hybridized carbons (Fsp3) is 0.133. The number of ketones is 1. The predicted octanol–water partition coefficient (Wildman–Crippen LogP) is 3.11. The maximum absolute atomic E-state index is 12.0. The number of Topliss-reactive ketones (excluding diaryl/α,β-unsaturated/α-hetero) is 1. The summed E-state index contributed by atoms with van der Waals surface area (Å²) in [7, 11) is -3.25. The minimum absolute atomic E-state index is 0.110. The highest BCUT2D eigenvalue weighted by Gasteiger charge is 2.11. The van der Waals surface area contributed by atoms with E-state index in [9.17, 15) is 13.2 Å². The van der Waals surface area contributed by atoms with E-state index in [1.165, 1.54) is 24.3 Å². The summed E-state index contributed by atoms with van der Waals surface area (Å²) in [5.74, 6) is 0.365. The van der Waals surface area contributed by atoms with Gasteiger partial charge in [0.15, 0.2) is 22.2 Å². The topological polar surface area (TPSA) is 60.4 Å². The van der Waals surface area contributed by atoms with Crippen LogP contribution in [-0.4, -0.2) is 27.1 Å². The Bertz CT molecular complexity index is 751. The van der Waals surface area contributed by atoms with Crippen molar-refractivity contribution in [2.24, 2.45) is 0 Å². The highest BCUT2D eigenvalue weighted by molar-refractivity contribution is 9.10. The lowest BCUT2D eigenvalue weighted by Crippen LogP contribution is -2.12. The van der Waals surface area contributed by atoms with Gasteiger partial charge in [0.2, 0.25) is 0 Å². The average Bonchev–Trinajstić information content (AvgIpc) is 2.45. The number of halogens is 1. The third-order valence-electron chi connectivity index (χ3n) is 2.80. The highest BCUT2D eigenvalue weighted by atomic mass is 79.9. The van der Waals surface area contributed by atoms with E-state index in [0.29, 0.717) is 11.3 Å². The molecule has 0 fully saturated rings. The molecule has 21 heavy (non-hydrogen) atoms. The molecule has 4 nitrogen and oxygen atoms in total. The van der Waals surface area contributed by atoms with Crippen LogP contribution in [0.2, 0.25) is 0 Å². The van der Waals surface area contributed by atoms with E-state index in [4.69, 9.17) is 4.74 Å². The van der Waals surface area contributed by atoms with Crippen LogP contribution in [0.25, 0.3) is 0 Å². The molecule has 6 heteroatoms. The molecule has 0 aromatic heterocycles. The molecular formula is C15H13BrO4S. The SMILES string of the molecule is CS(=O)(=O)c1ccc(C(=O)COc2ccccc2Br)cc1. The summed E-state index contributed by atoms with van der Waals surface area (Å²) in [4.78, 5) is 12.2. The maximum Gasteiger partial charge on any atom is 0.200 e. The van der Waals surface area contributed by atoms with E-state index in [2.05, 4.69) is 15.9 Å². The third kappa shape index (κ3) is 4.15. The normalized spacial score (nSPS) is 11.1. The Balaban J connectivity index is 2.06. The van der Waals surface area contributed by atoms with Crippen LogP contribution in [0, 0.1) is 0 Å². The zero-order valence-electron chi connectivity index (χ0n) is 11.2. The van der Waals surface area contributed by atoms with Gasteiger partial charge in [-0.05, 0) is 52.3 Å². The van der Waals surface area contributed by atoms with E-state index < -0.39 is 9.84 Å². The molecule has 0 saturated carbocycles. The Morgan fingerprint density at radius 1 is 1.10 bits per heavy atom. The zero-order valence-corrected chi connectivity index (χ0v) is 13.6. The van der Waals surface area contributed by atoms with E-state index in [1.807, 2.05) is 18.2 Å². The number of carbonyl (C=O) groups excluding carboxylic acids is 1. The highest BCUT2D eigenvalue weighted by Crippen LogP contribution is 2.23. The van der Waals surface area contributed by atoms with Gasteiger partial charge >= 0.3 is 0 Å². The van der Waals surface area contributed by atoms with Gasteiger partial charge in [-0.15, -0.1) is 0 Å². The number of benzene rings is 2. The smallest absolute Gasteiger partial charge is 0.200 e. The van der Waals surface area contributed by atoms with Crippen LogP contribution in [0.5, 0.6) is 5.75 Å². The van der Waals surface area contributed by atoms with Crippen molar-refractivity contribution in [3.05, 3.63) is 58.6 Å². The molecule has 0 aliphatic rings. The number of para-hydroxylation sites is 1. The molecule has 0 amide bonds. The number of rotatable bonds is 5. The minimum Gasteiger partial charge on any atom is -0.484 e. The monoisotopic (exact) mass is 368 g/mol. The summed E-state index contributed by atoms with van der Waals surface area (Å²) in [5.41, 5.74) is 0.412. The minimum atomic E-state index is -3.25. The maximum atomic E-state index is 12.0. The quantitative estimate of drug-likeness (QED) is 0.760. The van der Waals surface area contributed by atoms with Gasteiger partial charge in [-0.2, -0.15) is 0 Å². The molecule has 2 aromatic rings. The Kier molecular flexibility index (Phi) is 4.80. The predicted molar refractivity (Wildman–Crippen MR) is 83.5 cm³/mol. The summed E-state index contributed by atoms with van der Waals surface area (Å²) >= 11 is 3.33. The van der Waals surface area contributed by atoms with Crippen LogP contribution in [0.4, 0.5) is 0 Å². The summed E-state index contributed by atoms with van der Waals surface area (Å²) < 4.78 is 28.9. The molecule has 0 unspecified atom stereocenters. The summed E-state index contributed by atoms with van der Waals surface area (Å²) in [6.45, 7) is -0.110. The molecule has 2 rings (SSSR count). The van der Waals surface area contributed by atoms with Crippen LogP contribution in [-0.2, 0) is 9.84 Å². The van der Waals surface area contributed by atoms with E-state index in [0.717, 1.165) is 10.7 Å². The van der Waals surface area contributed by atoms with Crippen molar-refractivity contribution >= 4 is 31.6 Å². The second kappa shape index (κ2) is 6.41. The molecular weight excluding hydrogens is 356 g/mol. The lowest BCUT2D eigenvalue weighted by atomic mass is 10.1. The molecule has 0 heterocycles. The molecule has 0 N–H and O–H groups in total. The molecule has 110 valence electrons. The first-order valence-corrected chi connectivity index (χ1v) is 8.77. The van der Waals surface area contributed by atoms with E-state index in [-0.39, 0.29) is 17.3 Å². The Labute approximate surface area is 131 Å². The molecule has 0 atom stereocenters. The van der Waals surface area contributed by atoms with Crippen LogP contribution in [0.1, 0.15) is 10.4 Å². The third-order valence-corrected chi connectivity index (χ3v) is 4.58. The summed E-state index contributed by atoms with van der Waals surface area (Å²) in [5, 5.41) is 0. The Morgan fingerprint density at radius 2 is 1.71 bits per heavy atom. The fourth-order valence-corrected chi connectivity index (χ4v) is 2.71. The molecule has 0 radical (unpaired) electrons. The molecule has 0 saturated heterocycles. The van der Waals surface area contributed by atoms with Gasteiger partial charge in [0.1, 0.15) is 5.75 Å². The largest absolute Gasteiger partial charge is 0.484 e. The molecule has 2 aromatic carbocycles. The standard InChI is InChI=1S/C15H13BrO4S/c1-21(18,19)12-8-6-11(7-9-12)14(17)10-20-15-5-3-2-4-13(15)16/h2-9H,10H2,1H3. The second-order valence-electron chi connectivity index (χ2n) is 4.44. The van der Waals surface area contributed by atoms with Crippen molar-refractivity contribution in [3.63, 3.8) is 0 Å². The first-order chi connectivity index (χ1) is 9.88. The van der Waals surface area contributed by atoms with Gasteiger partial charge in [0.05, 0.1) is 9.37 Å². The fourth-order valence-electron chi connectivity index (χ4n) is 1.68. The van der Waals surface area contributed by atoms with E-state index >= 15 is 0 Å². The lowest BCUT2D eigenvalue weighted by molar-refractivity contribution is 0.0921. The van der Waals surface area contributed by atoms with Crippen LogP contribution < -0.4 is 4.74 Å². The first-order valence-electron chi connectivity index (χ1n) is 6.08. The van der Waals surface area contributed by atoms with Crippen LogP contribution >= 0.6 is 15.9 Å². The number of ether oxygens (including phenoxy) is 1. The second-order valence-corrected chi connectivity index (χ2v) is 7.31. The molecule has 0 aliphatic carbocycles. The molecule has 0 bridgehead atoms. The summed E-state index contributed by atoms with van der Waals surface area (Å²) in [6.07, 6.45) is 1.12. The van der Waals surface area contributed by atoms with Crippen molar-refractivity contribution in [2.75, 3.05) is 12.9 Å². The first kappa shape index (κ1) is 15.7. The molecule has 0 aliphatic heterocycles. The van der Waals surface area contributed by atoms with Crippen molar-refractivity contribution in [1.82, 2.24) is 0 Å². The van der Waals surface area contributed by atoms with Crippen LogP contribution in [0.3, 0.4) is 0 Å². The number of carbonyl (C=O) groups is 1. The van der Waals surface area contributed by atoms with Gasteiger partial charge in [-0.3, -0.25) is 4.79 Å².